The van der Waals surface area contributed by atoms with Gasteiger partial charge in [0.15, 0.2) is 5.69 Å². The number of amides is 1. The lowest BCUT2D eigenvalue weighted by Crippen LogP contribution is -2.14. The summed E-state index contributed by atoms with van der Waals surface area (Å²) in [7, 11) is 1.56. The normalized spacial score (nSPS) is 10.2. The molecular weight excluding hydrogens is 182 g/mol. The summed E-state index contributed by atoms with van der Waals surface area (Å²) in [5.74, 6) is -0.693. The maximum atomic E-state index is 10.7. The standard InChI is InChI=1S/C6H8ClN3O2/c1-10-5(7)3(2-11)4(9-10)6(8)12/h11H,2H2,1H3,(H2,8,12). The fourth-order valence-electron chi connectivity index (χ4n) is 0.885. The number of carbonyl (C=O) groups excluding carboxylic acids is 1. The molecule has 0 aromatic carbocycles. The van der Waals surface area contributed by atoms with Crippen molar-refractivity contribution in [2.75, 3.05) is 0 Å². The molecule has 66 valence electrons. The SMILES string of the molecule is Cn1nc(C(N)=O)c(CO)c1Cl. The van der Waals surface area contributed by atoms with Gasteiger partial charge in [0, 0.05) is 12.6 Å². The molecule has 12 heavy (non-hydrogen) atoms. The molecule has 6 heteroatoms. The Labute approximate surface area is 73.7 Å². The predicted molar refractivity (Wildman–Crippen MR) is 42.7 cm³/mol. The van der Waals surface area contributed by atoms with Crippen LogP contribution in [0.15, 0.2) is 0 Å². The number of aliphatic hydroxyl groups excluding tert-OH is 1. The van der Waals surface area contributed by atoms with Gasteiger partial charge in [-0.15, -0.1) is 0 Å². The molecule has 0 bridgehead atoms. The van der Waals surface area contributed by atoms with Crippen molar-refractivity contribution in [2.45, 2.75) is 6.61 Å². The average Bonchev–Trinajstić information content (AvgIpc) is 2.29. The lowest BCUT2D eigenvalue weighted by Gasteiger charge is -1.92. The zero-order chi connectivity index (χ0) is 9.30. The highest BCUT2D eigenvalue weighted by molar-refractivity contribution is 6.30. The fourth-order valence-corrected chi connectivity index (χ4v) is 1.07. The Bertz CT molecular complexity index is 321. The van der Waals surface area contributed by atoms with E-state index >= 15 is 0 Å². The maximum absolute atomic E-state index is 10.7. The van der Waals surface area contributed by atoms with Crippen LogP contribution >= 0.6 is 11.6 Å². The molecule has 1 aromatic heterocycles. The lowest BCUT2D eigenvalue weighted by molar-refractivity contribution is 0.0992. The highest BCUT2D eigenvalue weighted by Gasteiger charge is 2.17. The first-order valence-electron chi connectivity index (χ1n) is 3.20. The van der Waals surface area contributed by atoms with Gasteiger partial charge in [-0.3, -0.25) is 9.48 Å². The summed E-state index contributed by atoms with van der Waals surface area (Å²) in [6.07, 6.45) is 0. The van der Waals surface area contributed by atoms with E-state index in [1.807, 2.05) is 0 Å². The molecule has 1 heterocycles. The van der Waals surface area contributed by atoms with E-state index < -0.39 is 5.91 Å². The van der Waals surface area contributed by atoms with E-state index in [0.29, 0.717) is 0 Å². The number of rotatable bonds is 2. The summed E-state index contributed by atoms with van der Waals surface area (Å²) in [5.41, 5.74) is 5.28. The van der Waals surface area contributed by atoms with Gasteiger partial charge in [0.2, 0.25) is 0 Å². The van der Waals surface area contributed by atoms with Gasteiger partial charge in [0.25, 0.3) is 5.91 Å². The van der Waals surface area contributed by atoms with Crippen LogP contribution in [-0.2, 0) is 13.7 Å². The van der Waals surface area contributed by atoms with E-state index in [2.05, 4.69) is 5.10 Å². The molecule has 0 atom stereocenters. The van der Waals surface area contributed by atoms with E-state index in [1.165, 1.54) is 4.68 Å². The molecule has 0 spiro atoms. The van der Waals surface area contributed by atoms with Crippen LogP contribution in [0.3, 0.4) is 0 Å². The van der Waals surface area contributed by atoms with E-state index in [0.717, 1.165) is 0 Å². The monoisotopic (exact) mass is 189 g/mol. The molecule has 5 nitrogen and oxygen atoms in total. The molecule has 1 amide bonds. The van der Waals surface area contributed by atoms with Gasteiger partial charge in [-0.05, 0) is 0 Å². The molecule has 1 aromatic rings. The molecule has 0 saturated heterocycles. The molecule has 0 aliphatic carbocycles. The smallest absolute Gasteiger partial charge is 0.269 e. The maximum Gasteiger partial charge on any atom is 0.269 e. The van der Waals surface area contributed by atoms with Crippen LogP contribution < -0.4 is 5.73 Å². The molecule has 0 fully saturated rings. The number of primary amides is 1. The molecule has 1 rings (SSSR count). The highest BCUT2D eigenvalue weighted by atomic mass is 35.5. The third-order valence-electron chi connectivity index (χ3n) is 1.46. The van der Waals surface area contributed by atoms with Crippen molar-refractivity contribution in [3.8, 4) is 0 Å². The van der Waals surface area contributed by atoms with Gasteiger partial charge in [-0.25, -0.2) is 0 Å². The average molecular weight is 190 g/mol. The third kappa shape index (κ3) is 1.28. The molecule has 0 unspecified atom stereocenters. The zero-order valence-electron chi connectivity index (χ0n) is 6.41. The second-order valence-electron chi connectivity index (χ2n) is 2.26. The van der Waals surface area contributed by atoms with Gasteiger partial charge in [0.05, 0.1) is 6.61 Å². The second kappa shape index (κ2) is 3.12. The van der Waals surface area contributed by atoms with Crippen molar-refractivity contribution < 1.29 is 9.90 Å². The number of carbonyl (C=O) groups is 1. The number of hydrogen-bond donors (Lipinski definition) is 2. The minimum Gasteiger partial charge on any atom is -0.391 e. The van der Waals surface area contributed by atoms with Gasteiger partial charge >= 0.3 is 0 Å². The van der Waals surface area contributed by atoms with Crippen LogP contribution in [0.1, 0.15) is 16.1 Å². The largest absolute Gasteiger partial charge is 0.391 e. The number of aliphatic hydroxyl groups is 1. The minimum atomic E-state index is -0.693. The van der Waals surface area contributed by atoms with Crippen molar-refractivity contribution in [1.29, 1.82) is 0 Å². The van der Waals surface area contributed by atoms with Crippen LogP contribution in [-0.4, -0.2) is 20.8 Å². The van der Waals surface area contributed by atoms with Gasteiger partial charge in [-0.1, -0.05) is 11.6 Å². The fraction of sp³-hybridized carbons (Fsp3) is 0.333. The highest BCUT2D eigenvalue weighted by Crippen LogP contribution is 2.18. The molecule has 0 radical (unpaired) electrons. The van der Waals surface area contributed by atoms with Gasteiger partial charge in [0.1, 0.15) is 5.15 Å². The van der Waals surface area contributed by atoms with Crippen LogP contribution in [0.5, 0.6) is 0 Å². The summed E-state index contributed by atoms with van der Waals surface area (Å²) in [6.45, 7) is -0.342. The Morgan fingerprint density at radius 2 is 2.42 bits per heavy atom. The number of nitrogens with zero attached hydrogens (tertiary/aromatic N) is 2. The number of aromatic nitrogens is 2. The summed E-state index contributed by atoms with van der Waals surface area (Å²) in [5, 5.41) is 12.8. The van der Waals surface area contributed by atoms with Crippen molar-refractivity contribution in [3.05, 3.63) is 16.4 Å². The number of nitrogens with two attached hydrogens (primary N) is 1. The second-order valence-corrected chi connectivity index (χ2v) is 2.62. The topological polar surface area (TPSA) is 81.1 Å². The number of halogens is 1. The van der Waals surface area contributed by atoms with Crippen LogP contribution in [0.2, 0.25) is 5.15 Å². The van der Waals surface area contributed by atoms with Crippen molar-refractivity contribution in [2.24, 2.45) is 12.8 Å². The Morgan fingerprint density at radius 1 is 1.83 bits per heavy atom. The first-order valence-corrected chi connectivity index (χ1v) is 3.57. The lowest BCUT2D eigenvalue weighted by atomic mass is 10.2. The molecule has 3 N–H and O–H groups in total. The quantitative estimate of drug-likeness (QED) is 0.668. The van der Waals surface area contributed by atoms with E-state index in [4.69, 9.17) is 22.4 Å². The summed E-state index contributed by atoms with van der Waals surface area (Å²) >= 11 is 5.69. The minimum absolute atomic E-state index is 0.0185. The summed E-state index contributed by atoms with van der Waals surface area (Å²) < 4.78 is 1.28. The van der Waals surface area contributed by atoms with Crippen molar-refractivity contribution in [1.82, 2.24) is 9.78 Å². The Kier molecular flexibility index (Phi) is 2.35. The van der Waals surface area contributed by atoms with E-state index in [1.54, 1.807) is 7.05 Å². The Hall–Kier alpha value is -1.07. The van der Waals surface area contributed by atoms with Crippen molar-refractivity contribution in [3.63, 3.8) is 0 Å². The predicted octanol–water partition coefficient (Wildman–Crippen LogP) is -0.335. The van der Waals surface area contributed by atoms with E-state index in [-0.39, 0.29) is 23.0 Å². The van der Waals surface area contributed by atoms with Crippen LogP contribution in [0, 0.1) is 0 Å². The molecular formula is C6H8ClN3O2. The first-order chi connectivity index (χ1) is 5.57. The van der Waals surface area contributed by atoms with Crippen LogP contribution in [0.4, 0.5) is 0 Å². The zero-order valence-corrected chi connectivity index (χ0v) is 7.17. The molecule has 0 aliphatic rings. The van der Waals surface area contributed by atoms with Gasteiger partial charge < -0.3 is 10.8 Å². The number of aryl methyl sites for hydroxylation is 1. The summed E-state index contributed by atoms with van der Waals surface area (Å²) in [6, 6.07) is 0. The Balaban J connectivity index is 3.29. The summed E-state index contributed by atoms with van der Waals surface area (Å²) in [4.78, 5) is 10.7. The third-order valence-corrected chi connectivity index (χ3v) is 1.93. The molecule has 0 aliphatic heterocycles. The van der Waals surface area contributed by atoms with Crippen molar-refractivity contribution >= 4 is 17.5 Å². The first kappa shape index (κ1) is 9.02. The number of hydrogen-bond acceptors (Lipinski definition) is 3. The van der Waals surface area contributed by atoms with E-state index in [9.17, 15) is 4.79 Å². The Morgan fingerprint density at radius 3 is 2.75 bits per heavy atom. The molecule has 0 saturated carbocycles. The van der Waals surface area contributed by atoms with Crippen LogP contribution in [0.25, 0.3) is 0 Å². The van der Waals surface area contributed by atoms with Gasteiger partial charge in [-0.2, -0.15) is 5.10 Å².